The molecule has 7 heteroatoms. The smallest absolute Gasteiger partial charge is 0.280 e. The van der Waals surface area contributed by atoms with Crippen LogP contribution in [0, 0.1) is 5.95 Å². The summed E-state index contributed by atoms with van der Waals surface area (Å²) < 4.78 is 13.2. The lowest BCUT2D eigenvalue weighted by Gasteiger charge is -2.20. The van der Waals surface area contributed by atoms with Gasteiger partial charge in [-0.1, -0.05) is 6.07 Å². The Bertz CT molecular complexity index is 719. The molecule has 4 rings (SSSR count). The third-order valence-electron chi connectivity index (χ3n) is 4.28. The van der Waals surface area contributed by atoms with Gasteiger partial charge in [-0.3, -0.25) is 4.79 Å². The quantitative estimate of drug-likeness (QED) is 0.849. The van der Waals surface area contributed by atoms with Crippen molar-refractivity contribution in [2.24, 2.45) is 0 Å². The third kappa shape index (κ3) is 2.50. The van der Waals surface area contributed by atoms with Crippen molar-refractivity contribution in [3.63, 3.8) is 0 Å². The van der Waals surface area contributed by atoms with E-state index < -0.39 is 5.95 Å². The molecule has 22 heavy (non-hydrogen) atoms. The summed E-state index contributed by atoms with van der Waals surface area (Å²) in [5.41, 5.74) is 0.498. The normalized spacial score (nSPS) is 26.3. The molecule has 2 aromatic heterocycles. The molecule has 0 spiro atoms. The van der Waals surface area contributed by atoms with Gasteiger partial charge in [0, 0.05) is 24.3 Å². The first-order chi connectivity index (χ1) is 10.7. The van der Waals surface area contributed by atoms with Crippen LogP contribution in [0.1, 0.15) is 29.1 Å². The number of pyridine rings is 1. The van der Waals surface area contributed by atoms with Crippen LogP contribution in [0.15, 0.2) is 24.4 Å². The van der Waals surface area contributed by atoms with Gasteiger partial charge in [0.15, 0.2) is 5.01 Å². The Morgan fingerprint density at radius 3 is 3.05 bits per heavy atom. The maximum absolute atomic E-state index is 13.2. The van der Waals surface area contributed by atoms with Gasteiger partial charge in [-0.15, -0.1) is 11.3 Å². The van der Waals surface area contributed by atoms with Crippen LogP contribution >= 0.6 is 11.3 Å². The first-order valence-corrected chi connectivity index (χ1v) is 8.16. The van der Waals surface area contributed by atoms with E-state index >= 15 is 0 Å². The highest BCUT2D eigenvalue weighted by Crippen LogP contribution is 2.29. The van der Waals surface area contributed by atoms with E-state index in [1.54, 1.807) is 18.3 Å². The zero-order chi connectivity index (χ0) is 15.1. The minimum absolute atomic E-state index is 0.160. The van der Waals surface area contributed by atoms with Gasteiger partial charge in [-0.25, -0.2) is 9.97 Å². The summed E-state index contributed by atoms with van der Waals surface area (Å²) in [5, 5.41) is 6.94. The first kappa shape index (κ1) is 13.8. The molecule has 0 aromatic carbocycles. The van der Waals surface area contributed by atoms with Crippen LogP contribution in [0.3, 0.4) is 0 Å². The predicted molar refractivity (Wildman–Crippen MR) is 81.1 cm³/mol. The summed E-state index contributed by atoms with van der Waals surface area (Å²) in [6.07, 6.45) is 4.87. The molecule has 114 valence electrons. The van der Waals surface area contributed by atoms with Gasteiger partial charge in [0.1, 0.15) is 0 Å². The van der Waals surface area contributed by atoms with Crippen molar-refractivity contribution in [3.05, 3.63) is 35.4 Å². The molecule has 2 aliphatic heterocycles. The minimum Gasteiger partial charge on any atom is -0.346 e. The van der Waals surface area contributed by atoms with Crippen LogP contribution < -0.4 is 10.6 Å². The summed E-state index contributed by atoms with van der Waals surface area (Å²) >= 11 is 1.23. The fourth-order valence-corrected chi connectivity index (χ4v) is 4.05. The summed E-state index contributed by atoms with van der Waals surface area (Å²) in [6, 6.07) is 5.71. The summed E-state index contributed by atoms with van der Waals surface area (Å²) in [4.78, 5) is 21.0. The summed E-state index contributed by atoms with van der Waals surface area (Å²) in [7, 11) is 0. The molecular formula is C15H15FN4OS. The highest BCUT2D eigenvalue weighted by Gasteiger charge is 2.39. The van der Waals surface area contributed by atoms with E-state index in [1.807, 2.05) is 0 Å². The number of nitrogens with one attached hydrogen (secondary N) is 2. The molecule has 2 bridgehead atoms. The SMILES string of the molecule is O=C(N[C@@H]1C[C@H]2CC[C@@H]1N2)c1ncc(-c2cccc(F)n2)s1. The van der Waals surface area contributed by atoms with Crippen molar-refractivity contribution in [1.82, 2.24) is 20.6 Å². The second-order valence-electron chi connectivity index (χ2n) is 5.74. The first-order valence-electron chi connectivity index (χ1n) is 7.35. The van der Waals surface area contributed by atoms with Crippen molar-refractivity contribution in [2.45, 2.75) is 37.4 Å². The minimum atomic E-state index is -0.537. The standard InChI is InChI=1S/C15H15FN4OS/c16-13-3-1-2-10(19-13)12-7-17-15(22-12)14(21)20-11-6-8-4-5-9(11)18-8/h1-3,7-9,11,18H,4-6H2,(H,20,21)/t8-,9+,11-/m1/s1. The second kappa shape index (κ2) is 5.40. The topological polar surface area (TPSA) is 66.9 Å². The molecular weight excluding hydrogens is 303 g/mol. The largest absolute Gasteiger partial charge is 0.346 e. The molecule has 3 atom stereocenters. The number of hydrogen-bond acceptors (Lipinski definition) is 5. The molecule has 4 heterocycles. The Balaban J connectivity index is 1.48. The van der Waals surface area contributed by atoms with Crippen LogP contribution in [0.2, 0.25) is 0 Å². The lowest BCUT2D eigenvalue weighted by molar-refractivity contribution is 0.0930. The van der Waals surface area contributed by atoms with Gasteiger partial charge < -0.3 is 10.6 Å². The lowest BCUT2D eigenvalue weighted by atomic mass is 9.95. The fraction of sp³-hybridized carbons (Fsp3) is 0.400. The van der Waals surface area contributed by atoms with Gasteiger partial charge in [0.2, 0.25) is 5.95 Å². The van der Waals surface area contributed by atoms with Crippen molar-refractivity contribution >= 4 is 17.2 Å². The van der Waals surface area contributed by atoms with Gasteiger partial charge >= 0.3 is 0 Å². The number of thiazole rings is 1. The monoisotopic (exact) mass is 318 g/mol. The molecule has 0 aliphatic carbocycles. The molecule has 2 aliphatic rings. The molecule has 0 radical (unpaired) electrons. The zero-order valence-electron chi connectivity index (χ0n) is 11.8. The Kier molecular flexibility index (Phi) is 3.38. The second-order valence-corrected chi connectivity index (χ2v) is 6.77. The number of carbonyl (C=O) groups excluding carboxylic acids is 1. The van der Waals surface area contributed by atoms with E-state index in [-0.39, 0.29) is 11.9 Å². The molecule has 2 saturated heterocycles. The lowest BCUT2D eigenvalue weighted by Crippen LogP contribution is -2.42. The number of aromatic nitrogens is 2. The van der Waals surface area contributed by atoms with Gasteiger partial charge in [-0.2, -0.15) is 4.39 Å². The Hall–Kier alpha value is -1.86. The number of fused-ring (bicyclic) bond motifs is 2. The van der Waals surface area contributed by atoms with Crippen molar-refractivity contribution in [2.75, 3.05) is 0 Å². The zero-order valence-corrected chi connectivity index (χ0v) is 12.6. The van der Waals surface area contributed by atoms with Gasteiger partial charge in [0.05, 0.1) is 10.6 Å². The van der Waals surface area contributed by atoms with Gasteiger partial charge in [-0.05, 0) is 31.4 Å². The van der Waals surface area contributed by atoms with Gasteiger partial charge in [0.25, 0.3) is 5.91 Å². The van der Waals surface area contributed by atoms with Crippen molar-refractivity contribution in [3.8, 4) is 10.6 Å². The summed E-state index contributed by atoms with van der Waals surface area (Å²) in [6.45, 7) is 0. The van der Waals surface area contributed by atoms with E-state index in [4.69, 9.17) is 0 Å². The number of halogens is 1. The van der Waals surface area contributed by atoms with E-state index in [1.165, 1.54) is 23.8 Å². The summed E-state index contributed by atoms with van der Waals surface area (Å²) in [5.74, 6) is -0.697. The van der Waals surface area contributed by atoms with Crippen molar-refractivity contribution in [1.29, 1.82) is 0 Å². The number of nitrogens with zero attached hydrogens (tertiary/aromatic N) is 2. The molecule has 2 aromatic rings. The average molecular weight is 318 g/mol. The molecule has 1 amide bonds. The molecule has 2 fully saturated rings. The Morgan fingerprint density at radius 2 is 2.32 bits per heavy atom. The van der Waals surface area contributed by atoms with E-state index in [0.717, 1.165) is 12.8 Å². The highest BCUT2D eigenvalue weighted by molar-refractivity contribution is 7.16. The molecule has 2 N–H and O–H groups in total. The van der Waals surface area contributed by atoms with E-state index in [9.17, 15) is 9.18 Å². The van der Waals surface area contributed by atoms with E-state index in [0.29, 0.717) is 27.7 Å². The fourth-order valence-electron chi connectivity index (χ4n) is 3.26. The van der Waals surface area contributed by atoms with E-state index in [2.05, 4.69) is 20.6 Å². The van der Waals surface area contributed by atoms with Crippen LogP contribution in [0.25, 0.3) is 10.6 Å². The number of carbonyl (C=O) groups is 1. The Labute approximate surface area is 131 Å². The molecule has 0 unspecified atom stereocenters. The number of rotatable bonds is 3. The number of hydrogen-bond donors (Lipinski definition) is 2. The predicted octanol–water partition coefficient (Wildman–Crippen LogP) is 1.97. The van der Waals surface area contributed by atoms with Crippen LogP contribution in [-0.4, -0.2) is 34.0 Å². The molecule has 0 saturated carbocycles. The average Bonchev–Trinajstić information content (AvgIpc) is 3.23. The molecule has 5 nitrogen and oxygen atoms in total. The third-order valence-corrected chi connectivity index (χ3v) is 5.30. The van der Waals surface area contributed by atoms with Crippen LogP contribution in [0.4, 0.5) is 4.39 Å². The highest BCUT2D eigenvalue weighted by atomic mass is 32.1. The van der Waals surface area contributed by atoms with Crippen LogP contribution in [-0.2, 0) is 0 Å². The number of amides is 1. The maximum Gasteiger partial charge on any atom is 0.280 e. The van der Waals surface area contributed by atoms with Crippen molar-refractivity contribution < 1.29 is 9.18 Å². The maximum atomic E-state index is 13.2. The van der Waals surface area contributed by atoms with Crippen LogP contribution in [0.5, 0.6) is 0 Å². The Morgan fingerprint density at radius 1 is 1.41 bits per heavy atom.